The molecule has 1 aliphatic rings. The van der Waals surface area contributed by atoms with Crippen LogP contribution in [0.15, 0.2) is 84.9 Å². The molecule has 3 nitrogen and oxygen atoms in total. The number of ether oxygens (including phenoxy) is 1. The summed E-state index contributed by atoms with van der Waals surface area (Å²) in [6.45, 7) is 2.28. The number of hydrogen-bond donors (Lipinski definition) is 1. The van der Waals surface area contributed by atoms with Gasteiger partial charge in [0.2, 0.25) is 0 Å². The molecule has 6 rings (SSSR count). The molecule has 0 saturated carbocycles. The summed E-state index contributed by atoms with van der Waals surface area (Å²) in [4.78, 5) is 0. The Labute approximate surface area is 207 Å². The van der Waals surface area contributed by atoms with E-state index in [1.807, 2.05) is 18.2 Å². The normalized spacial score (nSPS) is 13.8. The lowest BCUT2D eigenvalue weighted by atomic mass is 10.0. The fourth-order valence-electron chi connectivity index (χ4n) is 5.31. The first-order valence-electron chi connectivity index (χ1n) is 12.1. The van der Waals surface area contributed by atoms with Crippen LogP contribution in [0, 0.1) is 0 Å². The maximum atomic E-state index is 13.4. The molecule has 182 valence electrons. The smallest absolute Gasteiger partial charge is 0.416 e. The first kappa shape index (κ1) is 22.7. The van der Waals surface area contributed by atoms with Gasteiger partial charge in [-0.05, 0) is 59.1 Å². The first-order chi connectivity index (χ1) is 17.5. The van der Waals surface area contributed by atoms with Crippen molar-refractivity contribution >= 4 is 21.7 Å². The van der Waals surface area contributed by atoms with Gasteiger partial charge >= 0.3 is 6.18 Å². The van der Waals surface area contributed by atoms with Crippen LogP contribution in [-0.2, 0) is 32.3 Å². The summed E-state index contributed by atoms with van der Waals surface area (Å²) in [7, 11) is 0. The van der Waals surface area contributed by atoms with E-state index in [4.69, 9.17) is 4.74 Å². The molecule has 1 aliphatic heterocycles. The zero-order chi connectivity index (χ0) is 24.7. The van der Waals surface area contributed by atoms with Crippen LogP contribution in [0.2, 0.25) is 0 Å². The molecule has 0 saturated heterocycles. The molecular weight excluding hydrogens is 461 g/mol. The predicted molar refractivity (Wildman–Crippen MR) is 136 cm³/mol. The minimum atomic E-state index is -4.41. The second-order valence-electron chi connectivity index (χ2n) is 9.20. The van der Waals surface area contributed by atoms with Gasteiger partial charge in [0.15, 0.2) is 0 Å². The van der Waals surface area contributed by atoms with E-state index < -0.39 is 11.7 Å². The van der Waals surface area contributed by atoms with E-state index in [1.165, 1.54) is 39.7 Å². The van der Waals surface area contributed by atoms with Gasteiger partial charge in [-0.3, -0.25) is 0 Å². The Morgan fingerprint density at radius 2 is 1.61 bits per heavy atom. The summed E-state index contributed by atoms with van der Waals surface area (Å²) in [5.41, 5.74) is 4.37. The highest BCUT2D eigenvalue weighted by Crippen LogP contribution is 2.35. The van der Waals surface area contributed by atoms with Crippen molar-refractivity contribution in [1.29, 1.82) is 0 Å². The van der Waals surface area contributed by atoms with Crippen LogP contribution < -0.4 is 10.1 Å². The number of nitrogens with zero attached hydrogens (tertiary/aromatic N) is 1. The summed E-state index contributed by atoms with van der Waals surface area (Å²) >= 11 is 0. The van der Waals surface area contributed by atoms with Gasteiger partial charge < -0.3 is 14.6 Å². The molecule has 0 atom stereocenters. The van der Waals surface area contributed by atoms with Crippen LogP contribution in [-0.4, -0.2) is 11.1 Å². The molecule has 1 aromatic heterocycles. The third kappa shape index (κ3) is 4.11. The highest BCUT2D eigenvalue weighted by Gasteiger charge is 2.33. The zero-order valence-electron chi connectivity index (χ0n) is 19.6. The van der Waals surface area contributed by atoms with Crippen molar-refractivity contribution in [3.05, 3.63) is 113 Å². The topological polar surface area (TPSA) is 26.2 Å². The SMILES string of the molecule is FC(F)(F)c1ccccc1COc1ccc2c(c1)c1c(n2Cc2cccc3ccccc23)CNCC1. The first-order valence-corrected chi connectivity index (χ1v) is 12.1. The Morgan fingerprint density at radius 3 is 2.50 bits per heavy atom. The maximum Gasteiger partial charge on any atom is 0.416 e. The summed E-state index contributed by atoms with van der Waals surface area (Å²) in [5, 5.41) is 7.05. The van der Waals surface area contributed by atoms with Crippen LogP contribution in [0.5, 0.6) is 5.75 Å². The number of hydrogen-bond acceptors (Lipinski definition) is 2. The van der Waals surface area contributed by atoms with E-state index in [0.717, 1.165) is 43.0 Å². The van der Waals surface area contributed by atoms with Crippen LogP contribution in [0.3, 0.4) is 0 Å². The molecule has 2 heterocycles. The largest absolute Gasteiger partial charge is 0.489 e. The molecule has 5 aromatic rings. The molecular formula is C30H25F3N2O. The Hall–Kier alpha value is -3.77. The molecule has 0 unspecified atom stereocenters. The van der Waals surface area contributed by atoms with Crippen LogP contribution >= 0.6 is 0 Å². The lowest BCUT2D eigenvalue weighted by Gasteiger charge is -2.18. The van der Waals surface area contributed by atoms with Crippen molar-refractivity contribution in [2.24, 2.45) is 0 Å². The van der Waals surface area contributed by atoms with Crippen LogP contribution in [0.25, 0.3) is 21.7 Å². The molecule has 0 bridgehead atoms. The van der Waals surface area contributed by atoms with E-state index >= 15 is 0 Å². The predicted octanol–water partition coefficient (Wildman–Crippen LogP) is 7.09. The minimum absolute atomic E-state index is 0.129. The van der Waals surface area contributed by atoms with E-state index in [9.17, 15) is 13.2 Å². The summed E-state index contributed by atoms with van der Waals surface area (Å²) in [6, 6.07) is 26.2. The van der Waals surface area contributed by atoms with Crippen LogP contribution in [0.4, 0.5) is 13.2 Å². The molecule has 0 aliphatic carbocycles. The quantitative estimate of drug-likeness (QED) is 0.287. The van der Waals surface area contributed by atoms with Gasteiger partial charge in [-0.2, -0.15) is 13.2 Å². The molecule has 6 heteroatoms. The van der Waals surface area contributed by atoms with Crippen molar-refractivity contribution in [3.63, 3.8) is 0 Å². The molecule has 0 radical (unpaired) electrons. The molecule has 36 heavy (non-hydrogen) atoms. The van der Waals surface area contributed by atoms with Gasteiger partial charge in [-0.25, -0.2) is 0 Å². The Morgan fingerprint density at radius 1 is 0.833 bits per heavy atom. The van der Waals surface area contributed by atoms with Crippen molar-refractivity contribution < 1.29 is 17.9 Å². The Balaban J connectivity index is 1.36. The standard InChI is InChI=1S/C30H25F3N2O/c31-30(32,33)27-11-4-2-7-22(27)19-36-23-12-13-28-26(16-23)25-14-15-34-17-29(25)35(28)18-21-9-5-8-20-6-1-3-10-24(20)21/h1-13,16,34H,14-15,17-19H2. The molecule has 0 spiro atoms. The van der Waals surface area contributed by atoms with Crippen molar-refractivity contribution in [2.45, 2.75) is 32.3 Å². The molecule has 0 amide bonds. The van der Waals surface area contributed by atoms with E-state index in [1.54, 1.807) is 6.07 Å². The number of alkyl halides is 3. The lowest BCUT2D eigenvalue weighted by Crippen LogP contribution is -2.25. The van der Waals surface area contributed by atoms with Crippen LogP contribution in [0.1, 0.15) is 27.9 Å². The van der Waals surface area contributed by atoms with Crippen molar-refractivity contribution in [3.8, 4) is 5.75 Å². The van der Waals surface area contributed by atoms with Gasteiger partial charge in [-0.15, -0.1) is 0 Å². The fourth-order valence-corrected chi connectivity index (χ4v) is 5.31. The highest BCUT2D eigenvalue weighted by atomic mass is 19.4. The minimum Gasteiger partial charge on any atom is -0.489 e. The number of benzene rings is 4. The number of fused-ring (bicyclic) bond motifs is 4. The maximum absolute atomic E-state index is 13.4. The second-order valence-corrected chi connectivity index (χ2v) is 9.20. The zero-order valence-corrected chi connectivity index (χ0v) is 19.6. The molecule has 4 aromatic carbocycles. The van der Waals surface area contributed by atoms with Gasteiger partial charge in [0.05, 0.1) is 5.56 Å². The van der Waals surface area contributed by atoms with Crippen molar-refractivity contribution in [1.82, 2.24) is 9.88 Å². The van der Waals surface area contributed by atoms with Gasteiger partial charge in [0.1, 0.15) is 12.4 Å². The fraction of sp³-hybridized carbons (Fsp3) is 0.200. The number of halogens is 3. The summed E-state index contributed by atoms with van der Waals surface area (Å²) in [5.74, 6) is 0.572. The Bertz CT molecular complexity index is 1560. The van der Waals surface area contributed by atoms with E-state index in [-0.39, 0.29) is 12.2 Å². The van der Waals surface area contributed by atoms with Crippen molar-refractivity contribution in [2.75, 3.05) is 6.54 Å². The average Bonchev–Trinajstić information content (AvgIpc) is 3.20. The molecule has 0 fully saturated rings. The van der Waals surface area contributed by atoms with Gasteiger partial charge in [0.25, 0.3) is 0 Å². The van der Waals surface area contributed by atoms with E-state index in [0.29, 0.717) is 5.75 Å². The average molecular weight is 487 g/mol. The summed E-state index contributed by atoms with van der Waals surface area (Å²) in [6.07, 6.45) is -3.51. The number of nitrogens with one attached hydrogen (secondary N) is 1. The second kappa shape index (κ2) is 9.03. The van der Waals surface area contributed by atoms with Gasteiger partial charge in [0, 0.05) is 35.2 Å². The third-order valence-corrected chi connectivity index (χ3v) is 7.03. The van der Waals surface area contributed by atoms with E-state index in [2.05, 4.69) is 52.3 Å². The Kier molecular flexibility index (Phi) is 5.69. The highest BCUT2D eigenvalue weighted by molar-refractivity contribution is 5.89. The monoisotopic (exact) mass is 486 g/mol. The lowest BCUT2D eigenvalue weighted by molar-refractivity contribution is -0.138. The summed E-state index contributed by atoms with van der Waals surface area (Å²) < 4.78 is 48.4. The molecule has 1 N–H and O–H groups in total. The van der Waals surface area contributed by atoms with Gasteiger partial charge in [-0.1, -0.05) is 60.7 Å². The number of rotatable bonds is 5. The third-order valence-electron chi connectivity index (χ3n) is 7.03. The number of aromatic nitrogens is 1.